The number of hydrogen-bond acceptors (Lipinski definition) is 6. The maximum atomic E-state index is 12.0. The van der Waals surface area contributed by atoms with E-state index in [1.54, 1.807) is 12.1 Å². The van der Waals surface area contributed by atoms with Crippen LogP contribution in [0.1, 0.15) is 37.6 Å². The standard InChI is InChI=1S/C24H30N4O2/c1-4-17-30-24(29)19-13-11-18(12-14-19)22-20-9-7-8-10-21(20)23(27-26-22)25-15-16-28(5-2)6-3/h7-14H,4-6,15-17H2,1-3H3,(H,25,27). The third-order valence-corrected chi connectivity index (χ3v) is 5.13. The van der Waals surface area contributed by atoms with Crippen molar-refractivity contribution >= 4 is 22.6 Å². The lowest BCUT2D eigenvalue weighted by molar-refractivity contribution is 0.0505. The quantitative estimate of drug-likeness (QED) is 0.496. The van der Waals surface area contributed by atoms with E-state index in [2.05, 4.69) is 46.4 Å². The molecule has 0 saturated carbocycles. The van der Waals surface area contributed by atoms with Crippen molar-refractivity contribution in [3.8, 4) is 11.3 Å². The Morgan fingerprint density at radius 1 is 0.967 bits per heavy atom. The summed E-state index contributed by atoms with van der Waals surface area (Å²) in [5, 5.41) is 14.5. The summed E-state index contributed by atoms with van der Waals surface area (Å²) in [4.78, 5) is 14.4. The van der Waals surface area contributed by atoms with E-state index in [4.69, 9.17) is 4.74 Å². The maximum Gasteiger partial charge on any atom is 0.338 e. The van der Waals surface area contributed by atoms with Gasteiger partial charge in [-0.2, -0.15) is 0 Å². The third-order valence-electron chi connectivity index (χ3n) is 5.13. The van der Waals surface area contributed by atoms with Gasteiger partial charge in [-0.05, 0) is 31.6 Å². The molecule has 30 heavy (non-hydrogen) atoms. The van der Waals surface area contributed by atoms with Crippen LogP contribution in [0.25, 0.3) is 22.0 Å². The van der Waals surface area contributed by atoms with Crippen molar-refractivity contribution in [2.24, 2.45) is 0 Å². The minimum atomic E-state index is -0.299. The van der Waals surface area contributed by atoms with Crippen molar-refractivity contribution < 1.29 is 9.53 Å². The molecule has 3 aromatic rings. The van der Waals surface area contributed by atoms with Gasteiger partial charge in [0.15, 0.2) is 5.82 Å². The molecule has 1 N–H and O–H groups in total. The highest BCUT2D eigenvalue weighted by atomic mass is 16.5. The van der Waals surface area contributed by atoms with Gasteiger partial charge in [-0.3, -0.25) is 0 Å². The zero-order chi connectivity index (χ0) is 21.3. The minimum absolute atomic E-state index is 0.299. The summed E-state index contributed by atoms with van der Waals surface area (Å²) < 4.78 is 5.20. The normalized spacial score (nSPS) is 11.1. The summed E-state index contributed by atoms with van der Waals surface area (Å²) >= 11 is 0. The van der Waals surface area contributed by atoms with E-state index in [9.17, 15) is 4.79 Å². The fourth-order valence-corrected chi connectivity index (χ4v) is 3.36. The van der Waals surface area contributed by atoms with E-state index in [0.717, 1.165) is 60.4 Å². The van der Waals surface area contributed by atoms with Crippen molar-refractivity contribution in [3.63, 3.8) is 0 Å². The average molecular weight is 407 g/mol. The number of anilines is 1. The van der Waals surface area contributed by atoms with Crippen LogP contribution in [0, 0.1) is 0 Å². The number of aromatic nitrogens is 2. The van der Waals surface area contributed by atoms with Gasteiger partial charge in [-0.1, -0.05) is 57.2 Å². The van der Waals surface area contributed by atoms with Crippen LogP contribution in [0.4, 0.5) is 5.82 Å². The summed E-state index contributed by atoms with van der Waals surface area (Å²) in [6.07, 6.45) is 0.806. The first kappa shape index (κ1) is 21.7. The number of nitrogens with one attached hydrogen (secondary N) is 1. The number of likely N-dealkylation sites (N-methyl/N-ethyl adjacent to an activating group) is 1. The van der Waals surface area contributed by atoms with Crippen molar-refractivity contribution in [1.29, 1.82) is 0 Å². The van der Waals surface area contributed by atoms with Crippen LogP contribution < -0.4 is 5.32 Å². The molecule has 0 aliphatic heterocycles. The molecule has 0 saturated heterocycles. The Morgan fingerprint density at radius 2 is 1.67 bits per heavy atom. The van der Waals surface area contributed by atoms with Crippen LogP contribution in [0.5, 0.6) is 0 Å². The number of esters is 1. The minimum Gasteiger partial charge on any atom is -0.462 e. The van der Waals surface area contributed by atoms with E-state index in [0.29, 0.717) is 12.2 Å². The van der Waals surface area contributed by atoms with Gasteiger partial charge >= 0.3 is 5.97 Å². The molecule has 3 rings (SSSR count). The number of nitrogens with zero attached hydrogens (tertiary/aromatic N) is 3. The highest BCUT2D eigenvalue weighted by Crippen LogP contribution is 2.29. The molecule has 6 nitrogen and oxygen atoms in total. The lowest BCUT2D eigenvalue weighted by Crippen LogP contribution is -2.28. The lowest BCUT2D eigenvalue weighted by Gasteiger charge is -2.18. The molecule has 0 radical (unpaired) electrons. The van der Waals surface area contributed by atoms with E-state index < -0.39 is 0 Å². The molecule has 0 amide bonds. The average Bonchev–Trinajstić information content (AvgIpc) is 2.80. The van der Waals surface area contributed by atoms with Crippen LogP contribution >= 0.6 is 0 Å². The van der Waals surface area contributed by atoms with E-state index in [1.165, 1.54) is 0 Å². The Morgan fingerprint density at radius 3 is 2.33 bits per heavy atom. The fourth-order valence-electron chi connectivity index (χ4n) is 3.36. The van der Waals surface area contributed by atoms with Crippen LogP contribution in [0.2, 0.25) is 0 Å². The first-order valence-electron chi connectivity index (χ1n) is 10.7. The molecule has 0 fully saturated rings. The summed E-state index contributed by atoms with van der Waals surface area (Å²) in [6, 6.07) is 15.5. The van der Waals surface area contributed by atoms with Gasteiger partial charge in [0, 0.05) is 29.4 Å². The van der Waals surface area contributed by atoms with Crippen molar-refractivity contribution in [3.05, 3.63) is 54.1 Å². The maximum absolute atomic E-state index is 12.0. The van der Waals surface area contributed by atoms with E-state index >= 15 is 0 Å². The fraction of sp³-hybridized carbons (Fsp3) is 0.375. The molecule has 2 aromatic carbocycles. The molecule has 0 aliphatic carbocycles. The number of ether oxygens (including phenoxy) is 1. The lowest BCUT2D eigenvalue weighted by atomic mass is 10.0. The van der Waals surface area contributed by atoms with Crippen LogP contribution in [0.3, 0.4) is 0 Å². The topological polar surface area (TPSA) is 67.3 Å². The first-order valence-corrected chi connectivity index (χ1v) is 10.7. The van der Waals surface area contributed by atoms with Crippen molar-refractivity contribution in [1.82, 2.24) is 15.1 Å². The number of carbonyl (C=O) groups is 1. The molecular formula is C24H30N4O2. The van der Waals surface area contributed by atoms with Gasteiger partial charge in [0.2, 0.25) is 0 Å². The molecule has 6 heteroatoms. The van der Waals surface area contributed by atoms with Gasteiger partial charge in [0.1, 0.15) is 5.69 Å². The van der Waals surface area contributed by atoms with Crippen LogP contribution in [-0.4, -0.2) is 53.9 Å². The zero-order valence-corrected chi connectivity index (χ0v) is 18.0. The zero-order valence-electron chi connectivity index (χ0n) is 18.0. The summed E-state index contributed by atoms with van der Waals surface area (Å²) in [5.74, 6) is 0.494. The van der Waals surface area contributed by atoms with Gasteiger partial charge < -0.3 is 15.0 Å². The number of rotatable bonds is 10. The van der Waals surface area contributed by atoms with Crippen LogP contribution in [-0.2, 0) is 4.74 Å². The number of carbonyl (C=O) groups excluding carboxylic acids is 1. The SMILES string of the molecule is CCCOC(=O)c1ccc(-c2nnc(NCCN(CC)CC)c3ccccc23)cc1. The molecule has 0 spiro atoms. The van der Waals surface area contributed by atoms with Gasteiger partial charge in [-0.25, -0.2) is 4.79 Å². The number of fused-ring (bicyclic) bond motifs is 1. The Hall–Kier alpha value is -2.99. The molecule has 0 bridgehead atoms. The molecule has 1 heterocycles. The van der Waals surface area contributed by atoms with E-state index in [-0.39, 0.29) is 5.97 Å². The molecule has 1 aromatic heterocycles. The highest BCUT2D eigenvalue weighted by molar-refractivity contribution is 6.00. The Bertz CT molecular complexity index is 969. The summed E-state index contributed by atoms with van der Waals surface area (Å²) in [7, 11) is 0. The van der Waals surface area contributed by atoms with Gasteiger partial charge in [0.05, 0.1) is 12.2 Å². The second-order valence-corrected chi connectivity index (χ2v) is 7.11. The van der Waals surface area contributed by atoms with Crippen LogP contribution in [0.15, 0.2) is 48.5 Å². The molecule has 0 aliphatic rings. The Balaban J connectivity index is 1.83. The molecular weight excluding hydrogens is 376 g/mol. The highest BCUT2D eigenvalue weighted by Gasteiger charge is 2.12. The predicted molar refractivity (Wildman–Crippen MR) is 122 cm³/mol. The van der Waals surface area contributed by atoms with Crippen molar-refractivity contribution in [2.75, 3.05) is 38.1 Å². The monoisotopic (exact) mass is 406 g/mol. The first-order chi connectivity index (χ1) is 14.7. The smallest absolute Gasteiger partial charge is 0.338 e. The summed E-state index contributed by atoms with van der Waals surface area (Å²) in [5.41, 5.74) is 2.26. The Kier molecular flexibility index (Phi) is 7.74. The molecule has 158 valence electrons. The van der Waals surface area contributed by atoms with Crippen molar-refractivity contribution in [2.45, 2.75) is 27.2 Å². The number of hydrogen-bond donors (Lipinski definition) is 1. The van der Waals surface area contributed by atoms with Gasteiger partial charge in [-0.15, -0.1) is 10.2 Å². The third kappa shape index (κ3) is 5.13. The molecule has 0 unspecified atom stereocenters. The number of benzene rings is 2. The summed E-state index contributed by atoms with van der Waals surface area (Å²) in [6.45, 7) is 10.6. The van der Waals surface area contributed by atoms with Gasteiger partial charge in [0.25, 0.3) is 0 Å². The molecule has 0 atom stereocenters. The predicted octanol–water partition coefficient (Wildman–Crippen LogP) is 4.62. The van der Waals surface area contributed by atoms with E-state index in [1.807, 2.05) is 31.2 Å². The Labute approximate surface area is 178 Å². The largest absolute Gasteiger partial charge is 0.462 e. The second-order valence-electron chi connectivity index (χ2n) is 7.11. The second kappa shape index (κ2) is 10.7.